The second-order valence-electron chi connectivity index (χ2n) is 7.59. The van der Waals surface area contributed by atoms with Crippen LogP contribution in [0.2, 0.25) is 0 Å². The van der Waals surface area contributed by atoms with Gasteiger partial charge in [-0.25, -0.2) is 14.5 Å². The van der Waals surface area contributed by atoms with Gasteiger partial charge in [-0.15, -0.1) is 0 Å². The van der Waals surface area contributed by atoms with Crippen molar-refractivity contribution in [2.24, 2.45) is 0 Å². The summed E-state index contributed by atoms with van der Waals surface area (Å²) in [4.78, 5) is 43.9. The smallest absolute Gasteiger partial charge is 0.332 e. The van der Waals surface area contributed by atoms with Crippen LogP contribution >= 0.6 is 0 Å². The molecule has 10 nitrogen and oxygen atoms in total. The van der Waals surface area contributed by atoms with Gasteiger partial charge in [-0.3, -0.25) is 19.5 Å². The number of rotatable bonds is 14. The number of hydrogen-bond donors (Lipinski definition) is 1. The molecular formula is C20H36N4O6. The zero-order chi connectivity index (χ0) is 22.1. The molecule has 1 N–H and O–H groups in total. The van der Waals surface area contributed by atoms with Gasteiger partial charge in [0.1, 0.15) is 20.2 Å². The van der Waals surface area contributed by atoms with E-state index < -0.39 is 25.1 Å². The summed E-state index contributed by atoms with van der Waals surface area (Å²) in [6.07, 6.45) is 3.61. The van der Waals surface area contributed by atoms with Gasteiger partial charge in [0.2, 0.25) is 5.91 Å². The van der Waals surface area contributed by atoms with Crippen molar-refractivity contribution in [2.45, 2.75) is 78.0 Å². The van der Waals surface area contributed by atoms with E-state index >= 15 is 0 Å². The minimum absolute atomic E-state index is 0.0216. The second-order valence-corrected chi connectivity index (χ2v) is 7.59. The summed E-state index contributed by atoms with van der Waals surface area (Å²) in [6.45, 7) is 6.35. The van der Waals surface area contributed by atoms with E-state index in [4.69, 9.17) is 9.47 Å². The average Bonchev–Trinajstić information content (AvgIpc) is 3.16. The molecule has 0 bridgehead atoms. The predicted octanol–water partition coefficient (Wildman–Crippen LogP) is 2.33. The van der Waals surface area contributed by atoms with Crippen LogP contribution in [0.5, 0.6) is 0 Å². The van der Waals surface area contributed by atoms with Crippen molar-refractivity contribution in [3.05, 3.63) is 0 Å². The molecule has 2 aliphatic heterocycles. The van der Waals surface area contributed by atoms with Gasteiger partial charge in [-0.1, -0.05) is 40.0 Å². The molecule has 0 aromatic carbocycles. The average molecular weight is 429 g/mol. The van der Waals surface area contributed by atoms with E-state index in [2.05, 4.69) is 0 Å². The van der Waals surface area contributed by atoms with E-state index in [1.807, 2.05) is 20.8 Å². The summed E-state index contributed by atoms with van der Waals surface area (Å²) in [5.74, 6) is -0.354. The Morgan fingerprint density at radius 1 is 0.833 bits per heavy atom. The van der Waals surface area contributed by atoms with Gasteiger partial charge < -0.3 is 14.6 Å². The largest absolute Gasteiger partial charge is 0.376 e. The van der Waals surface area contributed by atoms with E-state index in [1.165, 1.54) is 9.80 Å². The van der Waals surface area contributed by atoms with Gasteiger partial charge in [-0.2, -0.15) is 0 Å². The highest BCUT2D eigenvalue weighted by molar-refractivity contribution is 5.98. The molecule has 0 spiro atoms. The van der Waals surface area contributed by atoms with Crippen molar-refractivity contribution in [3.8, 4) is 0 Å². The molecule has 172 valence electrons. The molecule has 2 unspecified atom stereocenters. The summed E-state index contributed by atoms with van der Waals surface area (Å²) < 4.78 is 11.3. The molecule has 30 heavy (non-hydrogen) atoms. The lowest BCUT2D eigenvalue weighted by Gasteiger charge is -2.28. The molecule has 0 saturated carbocycles. The maximum absolute atomic E-state index is 13.1. The summed E-state index contributed by atoms with van der Waals surface area (Å²) >= 11 is 0. The summed E-state index contributed by atoms with van der Waals surface area (Å²) in [5, 5.41) is 9.84. The molecule has 2 heterocycles. The first-order valence-electron chi connectivity index (χ1n) is 11.0. The lowest BCUT2D eigenvalue weighted by atomic mass is 10.2. The number of ether oxygens (including phenoxy) is 2. The van der Waals surface area contributed by atoms with E-state index in [-0.39, 0.29) is 31.8 Å². The van der Waals surface area contributed by atoms with Crippen molar-refractivity contribution in [2.75, 3.05) is 33.4 Å². The SMILES string of the molecule is CCCCOCN1C(=O)N(COCCCC)C2C1N(CO)C(=O)N2C(=O)CCCC. The Morgan fingerprint density at radius 2 is 1.37 bits per heavy atom. The predicted molar refractivity (Wildman–Crippen MR) is 109 cm³/mol. The number of carbonyl (C=O) groups excluding carboxylic acids is 3. The zero-order valence-electron chi connectivity index (χ0n) is 18.4. The van der Waals surface area contributed by atoms with Crippen LogP contribution in [0.3, 0.4) is 0 Å². The number of fused-ring (bicyclic) bond motifs is 1. The number of nitrogens with zero attached hydrogens (tertiary/aromatic N) is 4. The number of hydrogen-bond acceptors (Lipinski definition) is 6. The quantitative estimate of drug-likeness (QED) is 0.426. The highest BCUT2D eigenvalue weighted by Gasteiger charge is 2.60. The van der Waals surface area contributed by atoms with E-state index in [1.54, 1.807) is 0 Å². The van der Waals surface area contributed by atoms with Crippen LogP contribution in [0.15, 0.2) is 0 Å². The number of aliphatic hydroxyl groups is 1. The fourth-order valence-corrected chi connectivity index (χ4v) is 3.61. The maximum atomic E-state index is 13.1. The zero-order valence-corrected chi connectivity index (χ0v) is 18.4. The minimum atomic E-state index is -0.849. The Morgan fingerprint density at radius 3 is 1.87 bits per heavy atom. The first kappa shape index (κ1) is 24.4. The number of carbonyl (C=O) groups is 3. The Kier molecular flexibility index (Phi) is 9.80. The Hall–Kier alpha value is -1.91. The molecule has 2 atom stereocenters. The Balaban J connectivity index is 2.25. The standard InChI is InChI=1S/C20H36N4O6/c1-4-7-10-16(26)24-18-17(21(13-25)20(24)28)22(14-29-11-8-5-2)19(27)23(18)15-30-12-9-6-3/h17-18,25H,4-15H2,1-3H3. The summed E-state index contributed by atoms with van der Waals surface area (Å²) in [7, 11) is 0. The molecule has 2 saturated heterocycles. The van der Waals surface area contributed by atoms with Crippen molar-refractivity contribution < 1.29 is 29.0 Å². The van der Waals surface area contributed by atoms with Gasteiger partial charge in [0.25, 0.3) is 0 Å². The highest BCUT2D eigenvalue weighted by atomic mass is 16.5. The van der Waals surface area contributed by atoms with Crippen molar-refractivity contribution in [1.29, 1.82) is 0 Å². The summed E-state index contributed by atoms with van der Waals surface area (Å²) in [5.41, 5.74) is 0. The van der Waals surface area contributed by atoms with Crippen molar-refractivity contribution in [3.63, 3.8) is 0 Å². The lowest BCUT2D eigenvalue weighted by molar-refractivity contribution is -0.132. The molecule has 2 aliphatic rings. The van der Waals surface area contributed by atoms with Gasteiger partial charge in [0.15, 0.2) is 12.3 Å². The monoisotopic (exact) mass is 428 g/mol. The number of amides is 5. The normalized spacial score (nSPS) is 21.2. The van der Waals surface area contributed by atoms with Crippen molar-refractivity contribution >= 4 is 18.0 Å². The van der Waals surface area contributed by atoms with Gasteiger partial charge in [0.05, 0.1) is 0 Å². The maximum Gasteiger partial charge on any atom is 0.332 e. The molecular weight excluding hydrogens is 392 g/mol. The van der Waals surface area contributed by atoms with Crippen LogP contribution in [-0.2, 0) is 14.3 Å². The molecule has 10 heteroatoms. The van der Waals surface area contributed by atoms with Crippen LogP contribution < -0.4 is 0 Å². The molecule has 0 aromatic heterocycles. The topological polar surface area (TPSA) is 103 Å². The first-order chi connectivity index (χ1) is 14.5. The van der Waals surface area contributed by atoms with Crippen LogP contribution in [0.4, 0.5) is 9.59 Å². The van der Waals surface area contributed by atoms with Crippen LogP contribution in [0.25, 0.3) is 0 Å². The third kappa shape index (κ3) is 5.22. The third-order valence-electron chi connectivity index (χ3n) is 5.34. The lowest BCUT2D eigenvalue weighted by Crippen LogP contribution is -2.50. The van der Waals surface area contributed by atoms with Crippen LogP contribution in [0, 0.1) is 0 Å². The number of unbranched alkanes of at least 4 members (excludes halogenated alkanes) is 3. The number of aliphatic hydroxyl groups excluding tert-OH is 1. The molecule has 0 aromatic rings. The van der Waals surface area contributed by atoms with E-state index in [0.717, 1.165) is 41.9 Å². The van der Waals surface area contributed by atoms with Crippen molar-refractivity contribution in [1.82, 2.24) is 19.6 Å². The molecule has 2 rings (SSSR count). The number of imide groups is 1. The highest BCUT2D eigenvalue weighted by Crippen LogP contribution is 2.35. The minimum Gasteiger partial charge on any atom is -0.376 e. The fourth-order valence-electron chi connectivity index (χ4n) is 3.61. The van der Waals surface area contributed by atoms with E-state index in [0.29, 0.717) is 19.6 Å². The van der Waals surface area contributed by atoms with Gasteiger partial charge >= 0.3 is 12.1 Å². The van der Waals surface area contributed by atoms with Gasteiger partial charge in [-0.05, 0) is 19.3 Å². The first-order valence-corrected chi connectivity index (χ1v) is 11.0. The molecule has 0 radical (unpaired) electrons. The molecule has 5 amide bonds. The molecule has 2 fully saturated rings. The van der Waals surface area contributed by atoms with Crippen LogP contribution in [-0.4, -0.2) is 88.4 Å². The fraction of sp³-hybridized carbons (Fsp3) is 0.850. The third-order valence-corrected chi connectivity index (χ3v) is 5.34. The van der Waals surface area contributed by atoms with E-state index in [9.17, 15) is 19.5 Å². The Bertz CT molecular complexity index is 590. The Labute approximate surface area is 178 Å². The summed E-state index contributed by atoms with van der Waals surface area (Å²) in [6, 6.07) is -0.976. The number of urea groups is 2. The van der Waals surface area contributed by atoms with Gasteiger partial charge in [0, 0.05) is 19.6 Å². The molecule has 0 aliphatic carbocycles. The second kappa shape index (κ2) is 12.1. The van der Waals surface area contributed by atoms with Crippen LogP contribution in [0.1, 0.15) is 65.7 Å².